The number of hydrogen-bond donors (Lipinski definition) is 1. The normalized spacial score (nSPS) is 23.2. The molecule has 1 aromatic heterocycles. The summed E-state index contributed by atoms with van der Waals surface area (Å²) in [5.41, 5.74) is 0. The number of oxazole rings is 1. The molecule has 0 saturated heterocycles. The van der Waals surface area contributed by atoms with Crippen molar-refractivity contribution in [2.75, 3.05) is 6.54 Å². The van der Waals surface area contributed by atoms with Crippen LogP contribution in [-0.2, 0) is 6.54 Å². The molecule has 1 atom stereocenters. The van der Waals surface area contributed by atoms with Crippen LogP contribution in [0.25, 0.3) is 0 Å². The van der Waals surface area contributed by atoms with Crippen LogP contribution >= 0.6 is 0 Å². The van der Waals surface area contributed by atoms with Crippen molar-refractivity contribution in [2.45, 2.75) is 57.4 Å². The van der Waals surface area contributed by atoms with Crippen molar-refractivity contribution in [2.24, 2.45) is 0 Å². The highest BCUT2D eigenvalue weighted by atomic mass is 19.3. The molecule has 0 aliphatic heterocycles. The molecule has 1 N–H and O–H groups in total. The van der Waals surface area contributed by atoms with E-state index in [1.54, 1.807) is 6.20 Å². The van der Waals surface area contributed by atoms with Crippen LogP contribution in [0.1, 0.15) is 56.6 Å². The van der Waals surface area contributed by atoms with Crippen LogP contribution in [0.3, 0.4) is 0 Å². The summed E-state index contributed by atoms with van der Waals surface area (Å²) in [6.07, 6.45) is 3.87. The Bertz CT molecular complexity index is 379. The Balaban J connectivity index is 1.92. The van der Waals surface area contributed by atoms with Crippen LogP contribution < -0.4 is 5.32 Å². The lowest BCUT2D eigenvalue weighted by Crippen LogP contribution is -2.24. The zero-order valence-corrected chi connectivity index (χ0v) is 10.7. The van der Waals surface area contributed by atoms with E-state index in [4.69, 9.17) is 4.42 Å². The van der Waals surface area contributed by atoms with Gasteiger partial charge in [0.1, 0.15) is 5.76 Å². The summed E-state index contributed by atoms with van der Waals surface area (Å²) in [6, 6.07) is 0. The molecule has 1 aliphatic carbocycles. The van der Waals surface area contributed by atoms with Crippen molar-refractivity contribution < 1.29 is 13.2 Å². The minimum absolute atomic E-state index is 0.00253. The van der Waals surface area contributed by atoms with E-state index < -0.39 is 5.92 Å². The summed E-state index contributed by atoms with van der Waals surface area (Å²) in [4.78, 5) is 4.14. The molecule has 0 amide bonds. The molecule has 1 aliphatic rings. The Morgan fingerprint density at radius 2 is 2.39 bits per heavy atom. The topological polar surface area (TPSA) is 38.1 Å². The molecule has 0 spiro atoms. The molecular formula is C13H20F2N2O. The van der Waals surface area contributed by atoms with E-state index in [-0.39, 0.29) is 18.8 Å². The fourth-order valence-electron chi connectivity index (χ4n) is 2.38. The van der Waals surface area contributed by atoms with Gasteiger partial charge in [-0.05, 0) is 25.8 Å². The summed E-state index contributed by atoms with van der Waals surface area (Å²) in [5.74, 6) is -1.52. The first-order chi connectivity index (χ1) is 8.61. The SMILES string of the molecule is CCCNCc1ncc(C2CCCC(F)(F)C2)o1. The van der Waals surface area contributed by atoms with Gasteiger partial charge in [-0.25, -0.2) is 13.8 Å². The molecule has 1 unspecified atom stereocenters. The molecule has 1 heterocycles. The van der Waals surface area contributed by atoms with Gasteiger partial charge in [0.2, 0.25) is 11.8 Å². The van der Waals surface area contributed by atoms with E-state index in [1.165, 1.54) is 0 Å². The van der Waals surface area contributed by atoms with Crippen LogP contribution in [0.5, 0.6) is 0 Å². The summed E-state index contributed by atoms with van der Waals surface area (Å²) in [5, 5.41) is 3.18. The first-order valence-corrected chi connectivity index (χ1v) is 6.64. The third-order valence-electron chi connectivity index (χ3n) is 3.32. The number of alkyl halides is 2. The van der Waals surface area contributed by atoms with E-state index in [2.05, 4.69) is 17.2 Å². The zero-order valence-electron chi connectivity index (χ0n) is 10.7. The van der Waals surface area contributed by atoms with Gasteiger partial charge >= 0.3 is 0 Å². The molecule has 0 radical (unpaired) electrons. The van der Waals surface area contributed by atoms with Crippen LogP contribution in [0.2, 0.25) is 0 Å². The smallest absolute Gasteiger partial charge is 0.248 e. The fourth-order valence-corrected chi connectivity index (χ4v) is 2.38. The fraction of sp³-hybridized carbons (Fsp3) is 0.769. The van der Waals surface area contributed by atoms with E-state index in [0.717, 1.165) is 19.4 Å². The number of rotatable bonds is 5. The Kier molecular flexibility index (Phi) is 4.32. The lowest BCUT2D eigenvalue weighted by molar-refractivity contribution is -0.0430. The van der Waals surface area contributed by atoms with E-state index in [9.17, 15) is 8.78 Å². The molecule has 0 aromatic carbocycles. The van der Waals surface area contributed by atoms with Crippen LogP contribution in [0, 0.1) is 0 Å². The summed E-state index contributed by atoms with van der Waals surface area (Å²) >= 11 is 0. The molecule has 1 saturated carbocycles. The maximum atomic E-state index is 13.3. The Labute approximate surface area is 106 Å². The number of halogens is 2. The summed E-state index contributed by atoms with van der Waals surface area (Å²) < 4.78 is 32.2. The quantitative estimate of drug-likeness (QED) is 0.822. The zero-order chi connectivity index (χ0) is 13.0. The van der Waals surface area contributed by atoms with Gasteiger partial charge in [-0.1, -0.05) is 6.92 Å². The van der Waals surface area contributed by atoms with Crippen molar-refractivity contribution >= 4 is 0 Å². The van der Waals surface area contributed by atoms with Crippen molar-refractivity contribution in [1.29, 1.82) is 0 Å². The van der Waals surface area contributed by atoms with Crippen LogP contribution in [-0.4, -0.2) is 17.5 Å². The van der Waals surface area contributed by atoms with E-state index >= 15 is 0 Å². The predicted octanol–water partition coefficient (Wildman–Crippen LogP) is 3.47. The van der Waals surface area contributed by atoms with Gasteiger partial charge in [0.05, 0.1) is 12.7 Å². The number of nitrogens with zero attached hydrogens (tertiary/aromatic N) is 1. The maximum Gasteiger partial charge on any atom is 0.248 e. The molecule has 0 bridgehead atoms. The Hall–Kier alpha value is -0.970. The van der Waals surface area contributed by atoms with Crippen LogP contribution in [0.4, 0.5) is 8.78 Å². The number of aromatic nitrogens is 1. The molecule has 2 rings (SSSR count). The second-order valence-electron chi connectivity index (χ2n) is 4.98. The van der Waals surface area contributed by atoms with E-state index in [0.29, 0.717) is 24.6 Å². The van der Waals surface area contributed by atoms with Crippen molar-refractivity contribution in [3.05, 3.63) is 17.8 Å². The van der Waals surface area contributed by atoms with Gasteiger partial charge < -0.3 is 9.73 Å². The second-order valence-corrected chi connectivity index (χ2v) is 4.98. The molecule has 5 heteroatoms. The standard InChI is InChI=1S/C13H20F2N2O/c1-2-6-16-9-12-17-8-11(18-12)10-4-3-5-13(14,15)7-10/h8,10,16H,2-7,9H2,1H3. The lowest BCUT2D eigenvalue weighted by atomic mass is 9.85. The monoisotopic (exact) mass is 258 g/mol. The second kappa shape index (κ2) is 5.78. The Morgan fingerprint density at radius 3 is 3.11 bits per heavy atom. The lowest BCUT2D eigenvalue weighted by Gasteiger charge is -2.27. The highest BCUT2D eigenvalue weighted by Crippen LogP contribution is 2.41. The van der Waals surface area contributed by atoms with Crippen molar-refractivity contribution in [1.82, 2.24) is 10.3 Å². The van der Waals surface area contributed by atoms with Gasteiger partial charge in [-0.15, -0.1) is 0 Å². The van der Waals surface area contributed by atoms with Crippen molar-refractivity contribution in [3.8, 4) is 0 Å². The maximum absolute atomic E-state index is 13.3. The summed E-state index contributed by atoms with van der Waals surface area (Å²) in [6.45, 7) is 3.55. The minimum atomic E-state index is -2.55. The third kappa shape index (κ3) is 3.51. The first-order valence-electron chi connectivity index (χ1n) is 6.64. The predicted molar refractivity (Wildman–Crippen MR) is 64.7 cm³/mol. The average Bonchev–Trinajstić information content (AvgIpc) is 2.77. The van der Waals surface area contributed by atoms with Gasteiger partial charge in [0.25, 0.3) is 0 Å². The highest BCUT2D eigenvalue weighted by molar-refractivity contribution is 5.05. The van der Waals surface area contributed by atoms with E-state index in [1.807, 2.05) is 0 Å². The van der Waals surface area contributed by atoms with Gasteiger partial charge in [-0.2, -0.15) is 0 Å². The minimum Gasteiger partial charge on any atom is -0.444 e. The average molecular weight is 258 g/mol. The largest absolute Gasteiger partial charge is 0.444 e. The first kappa shape index (κ1) is 13.5. The van der Waals surface area contributed by atoms with Gasteiger partial charge in [0.15, 0.2) is 0 Å². The highest BCUT2D eigenvalue weighted by Gasteiger charge is 2.38. The molecule has 1 fully saturated rings. The number of hydrogen-bond acceptors (Lipinski definition) is 3. The van der Waals surface area contributed by atoms with Crippen LogP contribution in [0.15, 0.2) is 10.6 Å². The molecule has 1 aromatic rings. The van der Waals surface area contributed by atoms with Gasteiger partial charge in [0, 0.05) is 18.8 Å². The molecular weight excluding hydrogens is 238 g/mol. The molecule has 18 heavy (non-hydrogen) atoms. The Morgan fingerprint density at radius 1 is 1.56 bits per heavy atom. The van der Waals surface area contributed by atoms with Gasteiger partial charge in [-0.3, -0.25) is 0 Å². The summed E-state index contributed by atoms with van der Waals surface area (Å²) in [7, 11) is 0. The third-order valence-corrected chi connectivity index (χ3v) is 3.32. The molecule has 102 valence electrons. The van der Waals surface area contributed by atoms with Crippen molar-refractivity contribution in [3.63, 3.8) is 0 Å². The number of nitrogens with one attached hydrogen (secondary N) is 1. The molecule has 3 nitrogen and oxygen atoms in total.